The first kappa shape index (κ1) is 14.6. The van der Waals surface area contributed by atoms with Crippen LogP contribution in [0, 0.1) is 6.92 Å². The molecule has 0 aliphatic carbocycles. The van der Waals surface area contributed by atoms with Crippen molar-refractivity contribution in [1.29, 1.82) is 0 Å². The lowest BCUT2D eigenvalue weighted by molar-refractivity contribution is 0.160. The minimum atomic E-state index is -0.484. The lowest BCUT2D eigenvalue weighted by Gasteiger charge is -2.14. The Morgan fingerprint density at radius 2 is 2.22 bits per heavy atom. The molecule has 0 saturated carbocycles. The number of amides is 2. The molecule has 2 unspecified atom stereocenters. The SMILES string of the molecule is CCCC(O)CNC(=O)NC(C)c1ccc(C)o1. The number of furan rings is 1. The van der Waals surface area contributed by atoms with Gasteiger partial charge in [0, 0.05) is 6.54 Å². The van der Waals surface area contributed by atoms with Crippen LogP contribution >= 0.6 is 0 Å². The van der Waals surface area contributed by atoms with E-state index in [9.17, 15) is 9.90 Å². The molecule has 1 rings (SSSR count). The van der Waals surface area contributed by atoms with Gasteiger partial charge in [-0.25, -0.2) is 4.79 Å². The summed E-state index contributed by atoms with van der Waals surface area (Å²) in [6.45, 7) is 5.96. The third kappa shape index (κ3) is 4.79. The van der Waals surface area contributed by atoms with Crippen LogP contribution in [0.4, 0.5) is 4.79 Å². The highest BCUT2D eigenvalue weighted by molar-refractivity contribution is 5.74. The molecule has 0 saturated heterocycles. The lowest BCUT2D eigenvalue weighted by atomic mass is 10.2. The summed E-state index contributed by atoms with van der Waals surface area (Å²) in [5.41, 5.74) is 0. The second kappa shape index (κ2) is 7.06. The first-order valence-electron chi connectivity index (χ1n) is 6.31. The lowest BCUT2D eigenvalue weighted by Crippen LogP contribution is -2.40. The minimum absolute atomic E-state index is 0.193. The van der Waals surface area contributed by atoms with Gasteiger partial charge in [-0.2, -0.15) is 0 Å². The molecule has 0 spiro atoms. The summed E-state index contributed by atoms with van der Waals surface area (Å²) in [5, 5.41) is 14.9. The normalized spacial score (nSPS) is 14.0. The van der Waals surface area contributed by atoms with Gasteiger partial charge in [-0.05, 0) is 32.4 Å². The Balaban J connectivity index is 2.31. The van der Waals surface area contributed by atoms with E-state index in [1.54, 1.807) is 0 Å². The van der Waals surface area contributed by atoms with Crippen molar-refractivity contribution in [2.75, 3.05) is 6.54 Å². The van der Waals surface area contributed by atoms with Crippen LogP contribution in [-0.4, -0.2) is 23.8 Å². The first-order valence-corrected chi connectivity index (χ1v) is 6.31. The van der Waals surface area contributed by atoms with E-state index < -0.39 is 6.10 Å². The van der Waals surface area contributed by atoms with E-state index in [0.717, 1.165) is 17.9 Å². The van der Waals surface area contributed by atoms with E-state index in [1.807, 2.05) is 32.9 Å². The number of carbonyl (C=O) groups is 1. The Bertz CT molecular complexity index is 376. The first-order chi connectivity index (χ1) is 8.52. The van der Waals surface area contributed by atoms with Crippen LogP contribution < -0.4 is 10.6 Å². The number of aliphatic hydroxyl groups excluding tert-OH is 1. The number of aryl methyl sites for hydroxylation is 1. The summed E-state index contributed by atoms with van der Waals surface area (Å²) in [6, 6.07) is 3.21. The summed E-state index contributed by atoms with van der Waals surface area (Å²) in [4.78, 5) is 11.6. The quantitative estimate of drug-likeness (QED) is 0.728. The van der Waals surface area contributed by atoms with Crippen LogP contribution in [0.2, 0.25) is 0 Å². The van der Waals surface area contributed by atoms with Crippen molar-refractivity contribution in [2.45, 2.75) is 45.8 Å². The number of urea groups is 1. The highest BCUT2D eigenvalue weighted by Gasteiger charge is 2.13. The van der Waals surface area contributed by atoms with Crippen LogP contribution in [-0.2, 0) is 0 Å². The molecule has 3 N–H and O–H groups in total. The molecule has 5 heteroatoms. The molecular formula is C13H22N2O3. The Morgan fingerprint density at radius 3 is 2.78 bits per heavy atom. The Kier molecular flexibility index (Phi) is 5.71. The van der Waals surface area contributed by atoms with Gasteiger partial charge in [0.2, 0.25) is 0 Å². The molecule has 0 aromatic carbocycles. The molecule has 0 fully saturated rings. The number of hydrogen-bond acceptors (Lipinski definition) is 3. The van der Waals surface area contributed by atoms with E-state index in [2.05, 4.69) is 10.6 Å². The maximum Gasteiger partial charge on any atom is 0.315 e. The molecule has 0 bridgehead atoms. The predicted octanol–water partition coefficient (Wildman–Crippen LogP) is 2.11. The number of nitrogens with one attached hydrogen (secondary N) is 2. The standard InChI is InChI=1S/C13H22N2O3/c1-4-5-11(16)8-14-13(17)15-10(3)12-7-6-9(2)18-12/h6-7,10-11,16H,4-5,8H2,1-3H3,(H2,14,15,17). The molecule has 1 aromatic rings. The second-order valence-corrected chi connectivity index (χ2v) is 4.47. The Labute approximate surface area is 108 Å². The fraction of sp³-hybridized carbons (Fsp3) is 0.615. The molecule has 18 heavy (non-hydrogen) atoms. The highest BCUT2D eigenvalue weighted by Crippen LogP contribution is 2.15. The van der Waals surface area contributed by atoms with Gasteiger partial charge in [0.15, 0.2) is 0 Å². The zero-order chi connectivity index (χ0) is 13.5. The molecule has 1 heterocycles. The number of aliphatic hydroxyl groups is 1. The van der Waals surface area contributed by atoms with E-state index in [0.29, 0.717) is 6.42 Å². The molecule has 2 atom stereocenters. The van der Waals surface area contributed by atoms with Gasteiger partial charge in [-0.3, -0.25) is 0 Å². The van der Waals surface area contributed by atoms with Gasteiger partial charge >= 0.3 is 6.03 Å². The van der Waals surface area contributed by atoms with Crippen molar-refractivity contribution < 1.29 is 14.3 Å². The van der Waals surface area contributed by atoms with Gasteiger partial charge in [0.05, 0.1) is 12.1 Å². The van der Waals surface area contributed by atoms with Crippen molar-refractivity contribution >= 4 is 6.03 Å². The monoisotopic (exact) mass is 254 g/mol. The van der Waals surface area contributed by atoms with Crippen molar-refractivity contribution in [3.8, 4) is 0 Å². The van der Waals surface area contributed by atoms with Crippen molar-refractivity contribution in [3.63, 3.8) is 0 Å². The maximum atomic E-state index is 11.6. The van der Waals surface area contributed by atoms with Gasteiger partial charge in [0.1, 0.15) is 11.5 Å². The molecule has 0 aliphatic heterocycles. The molecule has 2 amide bonds. The summed E-state index contributed by atoms with van der Waals surface area (Å²) < 4.78 is 5.42. The maximum absolute atomic E-state index is 11.6. The van der Waals surface area contributed by atoms with Crippen LogP contribution in [0.15, 0.2) is 16.5 Å². The summed E-state index contributed by atoms with van der Waals surface area (Å²) in [6.07, 6.45) is 1.10. The average Bonchev–Trinajstić information content (AvgIpc) is 2.74. The molecule has 0 aliphatic rings. The van der Waals surface area contributed by atoms with Crippen LogP contribution in [0.5, 0.6) is 0 Å². The Morgan fingerprint density at radius 1 is 1.50 bits per heavy atom. The molecule has 102 valence electrons. The van der Waals surface area contributed by atoms with Crippen LogP contribution in [0.3, 0.4) is 0 Å². The third-order valence-electron chi connectivity index (χ3n) is 2.66. The van der Waals surface area contributed by atoms with Gasteiger partial charge in [-0.1, -0.05) is 13.3 Å². The third-order valence-corrected chi connectivity index (χ3v) is 2.66. The molecule has 1 aromatic heterocycles. The topological polar surface area (TPSA) is 74.5 Å². The second-order valence-electron chi connectivity index (χ2n) is 4.47. The van der Waals surface area contributed by atoms with E-state index in [1.165, 1.54) is 0 Å². The number of carbonyl (C=O) groups excluding carboxylic acids is 1. The average molecular weight is 254 g/mol. The highest BCUT2D eigenvalue weighted by atomic mass is 16.3. The summed E-state index contributed by atoms with van der Waals surface area (Å²) in [5.74, 6) is 1.54. The van der Waals surface area contributed by atoms with Gasteiger partial charge in [-0.15, -0.1) is 0 Å². The van der Waals surface area contributed by atoms with E-state index in [4.69, 9.17) is 4.42 Å². The molecule has 5 nitrogen and oxygen atoms in total. The van der Waals surface area contributed by atoms with Crippen LogP contribution in [0.1, 0.15) is 44.3 Å². The number of hydrogen-bond donors (Lipinski definition) is 3. The zero-order valence-corrected chi connectivity index (χ0v) is 11.2. The minimum Gasteiger partial charge on any atom is -0.464 e. The summed E-state index contributed by atoms with van der Waals surface area (Å²) >= 11 is 0. The van der Waals surface area contributed by atoms with Crippen molar-refractivity contribution in [1.82, 2.24) is 10.6 Å². The predicted molar refractivity (Wildman–Crippen MR) is 69.3 cm³/mol. The van der Waals surface area contributed by atoms with E-state index in [-0.39, 0.29) is 18.6 Å². The fourth-order valence-corrected chi connectivity index (χ4v) is 1.65. The smallest absolute Gasteiger partial charge is 0.315 e. The Hall–Kier alpha value is -1.49. The van der Waals surface area contributed by atoms with Gasteiger partial charge in [0.25, 0.3) is 0 Å². The molecular weight excluding hydrogens is 232 g/mol. The van der Waals surface area contributed by atoms with Crippen molar-refractivity contribution in [2.24, 2.45) is 0 Å². The fourth-order valence-electron chi connectivity index (χ4n) is 1.65. The van der Waals surface area contributed by atoms with Crippen LogP contribution in [0.25, 0.3) is 0 Å². The number of rotatable bonds is 6. The zero-order valence-electron chi connectivity index (χ0n) is 11.2. The van der Waals surface area contributed by atoms with Gasteiger partial charge < -0.3 is 20.2 Å². The van der Waals surface area contributed by atoms with Crippen molar-refractivity contribution in [3.05, 3.63) is 23.7 Å². The summed E-state index contributed by atoms with van der Waals surface area (Å²) in [7, 11) is 0. The largest absolute Gasteiger partial charge is 0.464 e. The molecule has 0 radical (unpaired) electrons. The van der Waals surface area contributed by atoms with E-state index >= 15 is 0 Å².